The standard InChI is InChI=1S/C23H22BrClN4O4/c1-4-32-22(30)19-13(2)28-23-26-12-27-29(23)20(19)15-9-16(24)21(18(10-15)31-3)33-11-14-7-5-6-8-17(14)25/h5-10,12,20H,4,11H2,1-3H3,(H,26,27,28). The highest BCUT2D eigenvalue weighted by Crippen LogP contribution is 2.43. The number of nitrogens with zero attached hydrogens (tertiary/aromatic N) is 3. The number of aromatic nitrogens is 3. The van der Waals surface area contributed by atoms with Crippen molar-refractivity contribution in [2.45, 2.75) is 26.5 Å². The monoisotopic (exact) mass is 532 g/mol. The van der Waals surface area contributed by atoms with E-state index in [2.05, 4.69) is 31.3 Å². The first-order valence-electron chi connectivity index (χ1n) is 10.2. The Morgan fingerprint density at radius 1 is 1.30 bits per heavy atom. The number of allylic oxidation sites excluding steroid dienone is 1. The second kappa shape index (κ2) is 9.84. The molecule has 1 atom stereocenters. The number of carbonyl (C=O) groups excluding carboxylic acids is 1. The third-order valence-corrected chi connectivity index (χ3v) is 6.14. The molecule has 3 aromatic rings. The Bertz CT molecular complexity index is 1230. The highest BCUT2D eigenvalue weighted by molar-refractivity contribution is 9.10. The van der Waals surface area contributed by atoms with Crippen LogP contribution in [0.15, 0.2) is 58.5 Å². The van der Waals surface area contributed by atoms with E-state index in [1.54, 1.807) is 18.7 Å². The summed E-state index contributed by atoms with van der Waals surface area (Å²) in [5.74, 6) is 1.11. The van der Waals surface area contributed by atoms with Crippen molar-refractivity contribution >= 4 is 39.4 Å². The maximum atomic E-state index is 12.9. The Kier molecular flexibility index (Phi) is 6.90. The lowest BCUT2D eigenvalue weighted by Gasteiger charge is -2.28. The molecule has 0 saturated heterocycles. The molecular weight excluding hydrogens is 512 g/mol. The summed E-state index contributed by atoms with van der Waals surface area (Å²) >= 11 is 9.86. The molecule has 33 heavy (non-hydrogen) atoms. The molecule has 0 saturated carbocycles. The van der Waals surface area contributed by atoms with Crippen molar-refractivity contribution < 1.29 is 19.0 Å². The molecule has 1 N–H and O–H groups in total. The normalized spacial score (nSPS) is 15.0. The number of anilines is 1. The minimum Gasteiger partial charge on any atom is -0.493 e. The number of halogens is 2. The van der Waals surface area contributed by atoms with Gasteiger partial charge in [-0.15, -0.1) is 0 Å². The van der Waals surface area contributed by atoms with E-state index in [-0.39, 0.29) is 13.2 Å². The van der Waals surface area contributed by atoms with Crippen molar-refractivity contribution in [2.24, 2.45) is 0 Å². The molecule has 0 bridgehead atoms. The van der Waals surface area contributed by atoms with E-state index in [4.69, 9.17) is 25.8 Å². The van der Waals surface area contributed by atoms with Crippen LogP contribution in [0, 0.1) is 0 Å². The van der Waals surface area contributed by atoms with Crippen LogP contribution in [0.5, 0.6) is 11.5 Å². The molecular formula is C23H22BrClN4O4. The Morgan fingerprint density at radius 3 is 2.82 bits per heavy atom. The highest BCUT2D eigenvalue weighted by Gasteiger charge is 2.35. The van der Waals surface area contributed by atoms with Crippen molar-refractivity contribution in [3.63, 3.8) is 0 Å². The van der Waals surface area contributed by atoms with Gasteiger partial charge in [0.1, 0.15) is 19.0 Å². The summed E-state index contributed by atoms with van der Waals surface area (Å²) in [5, 5.41) is 8.07. The first-order chi connectivity index (χ1) is 15.9. The zero-order chi connectivity index (χ0) is 23.5. The lowest BCUT2D eigenvalue weighted by molar-refractivity contribution is -0.139. The van der Waals surface area contributed by atoms with Crippen LogP contribution in [0.4, 0.5) is 5.95 Å². The Labute approximate surface area is 204 Å². The lowest BCUT2D eigenvalue weighted by atomic mass is 9.95. The van der Waals surface area contributed by atoms with Gasteiger partial charge >= 0.3 is 5.97 Å². The van der Waals surface area contributed by atoms with Gasteiger partial charge in [-0.1, -0.05) is 29.8 Å². The number of nitrogens with one attached hydrogen (secondary N) is 1. The first-order valence-corrected chi connectivity index (χ1v) is 11.4. The van der Waals surface area contributed by atoms with Crippen molar-refractivity contribution in [2.75, 3.05) is 19.0 Å². The summed E-state index contributed by atoms with van der Waals surface area (Å²) in [7, 11) is 1.56. The maximum Gasteiger partial charge on any atom is 0.338 e. The van der Waals surface area contributed by atoms with Crippen LogP contribution in [0.3, 0.4) is 0 Å². The molecule has 2 aromatic carbocycles. The maximum absolute atomic E-state index is 12.9. The molecule has 4 rings (SSSR count). The van der Waals surface area contributed by atoms with Crippen LogP contribution in [0.2, 0.25) is 5.02 Å². The molecule has 172 valence electrons. The molecule has 1 aliphatic heterocycles. The van der Waals surface area contributed by atoms with Gasteiger partial charge in [0.05, 0.1) is 23.8 Å². The number of ether oxygens (including phenoxy) is 3. The Balaban J connectivity index is 1.74. The van der Waals surface area contributed by atoms with Crippen LogP contribution in [0.1, 0.15) is 31.0 Å². The zero-order valence-electron chi connectivity index (χ0n) is 18.3. The van der Waals surface area contributed by atoms with Crippen LogP contribution < -0.4 is 14.8 Å². The minimum atomic E-state index is -0.564. The molecule has 10 heteroatoms. The number of esters is 1. The summed E-state index contributed by atoms with van der Waals surface area (Å²) in [6, 6.07) is 10.6. The number of carbonyl (C=O) groups is 1. The SMILES string of the molecule is CCOC(=O)C1=C(C)Nc2ncnn2C1c1cc(Br)c(OCc2ccccc2Cl)c(OC)c1. The number of methoxy groups -OCH3 is 1. The molecule has 0 spiro atoms. The molecule has 1 unspecified atom stereocenters. The van der Waals surface area contributed by atoms with Gasteiger partial charge in [0, 0.05) is 16.3 Å². The van der Waals surface area contributed by atoms with Gasteiger partial charge < -0.3 is 19.5 Å². The lowest BCUT2D eigenvalue weighted by Crippen LogP contribution is -2.29. The van der Waals surface area contributed by atoms with E-state index in [1.807, 2.05) is 43.3 Å². The number of benzene rings is 2. The molecule has 2 heterocycles. The fourth-order valence-electron chi connectivity index (χ4n) is 3.68. The van der Waals surface area contributed by atoms with Gasteiger partial charge in [0.25, 0.3) is 0 Å². The van der Waals surface area contributed by atoms with E-state index in [0.29, 0.717) is 38.2 Å². The van der Waals surface area contributed by atoms with Gasteiger partial charge in [-0.05, 0) is 53.5 Å². The largest absolute Gasteiger partial charge is 0.493 e. The summed E-state index contributed by atoms with van der Waals surface area (Å²) < 4.78 is 19.3. The molecule has 8 nitrogen and oxygen atoms in total. The van der Waals surface area contributed by atoms with E-state index in [1.165, 1.54) is 6.33 Å². The van der Waals surface area contributed by atoms with E-state index in [9.17, 15) is 4.79 Å². The minimum absolute atomic E-state index is 0.258. The molecule has 1 aliphatic rings. The van der Waals surface area contributed by atoms with Crippen LogP contribution >= 0.6 is 27.5 Å². The predicted molar refractivity (Wildman–Crippen MR) is 128 cm³/mol. The number of hydrogen-bond donors (Lipinski definition) is 1. The van der Waals surface area contributed by atoms with Crippen LogP contribution in [0.25, 0.3) is 0 Å². The van der Waals surface area contributed by atoms with Crippen molar-refractivity contribution in [3.8, 4) is 11.5 Å². The number of hydrogen-bond acceptors (Lipinski definition) is 7. The van der Waals surface area contributed by atoms with Crippen molar-refractivity contribution in [1.29, 1.82) is 0 Å². The summed E-state index contributed by atoms with van der Waals surface area (Å²) in [6.07, 6.45) is 1.43. The van der Waals surface area contributed by atoms with Gasteiger partial charge in [-0.2, -0.15) is 10.1 Å². The Morgan fingerprint density at radius 2 is 2.09 bits per heavy atom. The fourth-order valence-corrected chi connectivity index (χ4v) is 4.44. The molecule has 0 fully saturated rings. The second-order valence-electron chi connectivity index (χ2n) is 7.23. The van der Waals surface area contributed by atoms with Gasteiger partial charge in [-0.3, -0.25) is 0 Å². The molecule has 1 aromatic heterocycles. The summed E-state index contributed by atoms with van der Waals surface area (Å²) in [6.45, 7) is 4.10. The third-order valence-electron chi connectivity index (χ3n) is 5.19. The summed E-state index contributed by atoms with van der Waals surface area (Å²) in [4.78, 5) is 17.1. The van der Waals surface area contributed by atoms with Crippen molar-refractivity contribution in [3.05, 3.63) is 74.6 Å². The second-order valence-corrected chi connectivity index (χ2v) is 8.49. The average Bonchev–Trinajstić information content (AvgIpc) is 3.26. The van der Waals surface area contributed by atoms with Crippen molar-refractivity contribution in [1.82, 2.24) is 14.8 Å². The van der Waals surface area contributed by atoms with Gasteiger partial charge in [0.2, 0.25) is 5.95 Å². The smallest absolute Gasteiger partial charge is 0.338 e. The fraction of sp³-hybridized carbons (Fsp3) is 0.261. The van der Waals surface area contributed by atoms with E-state index >= 15 is 0 Å². The molecule has 0 amide bonds. The number of fused-ring (bicyclic) bond motifs is 1. The zero-order valence-corrected chi connectivity index (χ0v) is 20.6. The topological polar surface area (TPSA) is 87.5 Å². The third kappa shape index (κ3) is 4.56. The van der Waals surface area contributed by atoms with Gasteiger partial charge in [-0.25, -0.2) is 9.48 Å². The quantitative estimate of drug-likeness (QED) is 0.421. The predicted octanol–water partition coefficient (Wildman–Crippen LogP) is 5.13. The average molecular weight is 534 g/mol. The van der Waals surface area contributed by atoms with E-state index < -0.39 is 12.0 Å². The highest BCUT2D eigenvalue weighted by atomic mass is 79.9. The molecule has 0 aliphatic carbocycles. The molecule has 0 radical (unpaired) electrons. The summed E-state index contributed by atoms with van der Waals surface area (Å²) in [5.41, 5.74) is 2.69. The first kappa shape index (κ1) is 23.1. The Hall–Kier alpha value is -3.04. The van der Waals surface area contributed by atoms with E-state index in [0.717, 1.165) is 11.1 Å². The van der Waals surface area contributed by atoms with Gasteiger partial charge in [0.15, 0.2) is 11.5 Å². The number of rotatable bonds is 7. The van der Waals surface area contributed by atoms with Crippen LogP contribution in [-0.4, -0.2) is 34.5 Å². The van der Waals surface area contributed by atoms with Crippen LogP contribution in [-0.2, 0) is 16.1 Å².